The van der Waals surface area contributed by atoms with Crippen molar-refractivity contribution in [2.75, 3.05) is 13.2 Å². The maximum absolute atomic E-state index is 12.2. The van der Waals surface area contributed by atoms with E-state index in [0.717, 1.165) is 44.9 Å². The van der Waals surface area contributed by atoms with Crippen LogP contribution in [-0.2, 0) is 19.1 Å². The molecule has 5 nitrogen and oxygen atoms in total. The average Bonchev–Trinajstić information content (AvgIpc) is 3.30. The number of allylic oxidation sites excluding steroid dienone is 10. The van der Waals surface area contributed by atoms with E-state index in [-0.39, 0.29) is 25.6 Å². The predicted octanol–water partition coefficient (Wildman–Crippen LogP) is 18.6. The van der Waals surface area contributed by atoms with Crippen LogP contribution in [0.3, 0.4) is 0 Å². The summed E-state index contributed by atoms with van der Waals surface area (Å²) in [5, 5.41) is 9.58. The number of aliphatic hydroxyl groups excluding tert-OH is 1. The summed E-state index contributed by atoms with van der Waals surface area (Å²) < 4.78 is 10.6. The molecule has 0 amide bonds. The van der Waals surface area contributed by atoms with E-state index in [9.17, 15) is 14.7 Å². The van der Waals surface area contributed by atoms with Gasteiger partial charge in [-0.25, -0.2) is 0 Å². The first-order valence-electron chi connectivity index (χ1n) is 27.8. The second-order valence-electron chi connectivity index (χ2n) is 18.6. The minimum atomic E-state index is -0.810. The minimum Gasteiger partial charge on any atom is -0.462 e. The molecule has 0 radical (unpaired) electrons. The lowest BCUT2D eigenvalue weighted by Gasteiger charge is -2.15. The van der Waals surface area contributed by atoms with E-state index in [0.29, 0.717) is 12.8 Å². The van der Waals surface area contributed by atoms with Crippen molar-refractivity contribution in [3.05, 3.63) is 60.8 Å². The largest absolute Gasteiger partial charge is 0.462 e. The lowest BCUT2D eigenvalue weighted by molar-refractivity contribution is -0.161. The Labute approximate surface area is 398 Å². The van der Waals surface area contributed by atoms with Crippen molar-refractivity contribution in [3.63, 3.8) is 0 Å². The number of hydrogen-bond acceptors (Lipinski definition) is 5. The number of unbranched alkanes of at least 4 members (excludes halogenated alkanes) is 33. The molecule has 0 aliphatic carbocycles. The highest BCUT2D eigenvalue weighted by atomic mass is 16.6. The van der Waals surface area contributed by atoms with E-state index < -0.39 is 12.1 Å². The van der Waals surface area contributed by atoms with E-state index in [1.165, 1.54) is 205 Å². The van der Waals surface area contributed by atoms with Gasteiger partial charge in [0.05, 0.1) is 6.61 Å². The van der Waals surface area contributed by atoms with Crippen LogP contribution in [0.4, 0.5) is 0 Å². The summed E-state index contributed by atoms with van der Waals surface area (Å²) in [6.45, 7) is 3.98. The van der Waals surface area contributed by atoms with Gasteiger partial charge in [0.25, 0.3) is 0 Å². The van der Waals surface area contributed by atoms with Crippen molar-refractivity contribution < 1.29 is 24.2 Å². The first-order valence-corrected chi connectivity index (χ1v) is 27.8. The molecular weight excluding hydrogens is 789 g/mol. The zero-order valence-electron chi connectivity index (χ0n) is 42.5. The summed E-state index contributed by atoms with van der Waals surface area (Å²) in [6, 6.07) is 0. The Bertz CT molecular complexity index is 1100. The van der Waals surface area contributed by atoms with Crippen LogP contribution in [0.15, 0.2) is 60.8 Å². The molecule has 0 aromatic carbocycles. The summed E-state index contributed by atoms with van der Waals surface area (Å²) in [6.07, 6.45) is 73.9. The first-order chi connectivity index (χ1) is 31.6. The van der Waals surface area contributed by atoms with Crippen LogP contribution in [0.5, 0.6) is 0 Å². The van der Waals surface area contributed by atoms with Crippen molar-refractivity contribution in [1.82, 2.24) is 0 Å². The Balaban J connectivity index is 3.39. The average molecular weight is 895 g/mol. The molecule has 0 saturated heterocycles. The summed E-state index contributed by atoms with van der Waals surface area (Å²) >= 11 is 0. The Hall–Kier alpha value is -2.40. The number of esters is 2. The molecular formula is C59H106O5. The first kappa shape index (κ1) is 61.6. The molecule has 5 heteroatoms. The van der Waals surface area contributed by atoms with Crippen LogP contribution in [0.1, 0.15) is 284 Å². The summed E-state index contributed by atoms with van der Waals surface area (Å²) in [5.74, 6) is -0.678. The third kappa shape index (κ3) is 52.2. The maximum atomic E-state index is 12.2. The molecule has 0 spiro atoms. The molecule has 0 rings (SSSR count). The highest BCUT2D eigenvalue weighted by Gasteiger charge is 2.15. The second-order valence-corrected chi connectivity index (χ2v) is 18.6. The molecule has 0 saturated carbocycles. The van der Waals surface area contributed by atoms with Crippen LogP contribution in [-0.4, -0.2) is 36.4 Å². The molecule has 1 unspecified atom stereocenters. The Morgan fingerprint density at radius 3 is 1.08 bits per heavy atom. The zero-order valence-corrected chi connectivity index (χ0v) is 42.5. The van der Waals surface area contributed by atoms with Gasteiger partial charge in [-0.3, -0.25) is 9.59 Å². The summed E-state index contributed by atoms with van der Waals surface area (Å²) in [4.78, 5) is 24.3. The highest BCUT2D eigenvalue weighted by Crippen LogP contribution is 2.17. The number of rotatable bonds is 51. The van der Waals surface area contributed by atoms with Gasteiger partial charge in [-0.1, -0.05) is 267 Å². The third-order valence-electron chi connectivity index (χ3n) is 12.3. The third-order valence-corrected chi connectivity index (χ3v) is 12.3. The van der Waals surface area contributed by atoms with Crippen LogP contribution < -0.4 is 0 Å². The van der Waals surface area contributed by atoms with Gasteiger partial charge in [-0.05, 0) is 64.2 Å². The van der Waals surface area contributed by atoms with Gasteiger partial charge in [0.15, 0.2) is 6.10 Å². The molecule has 372 valence electrons. The Morgan fingerprint density at radius 2 is 0.703 bits per heavy atom. The predicted molar refractivity (Wildman–Crippen MR) is 279 cm³/mol. The molecule has 1 N–H and O–H groups in total. The van der Waals surface area contributed by atoms with Gasteiger partial charge in [0, 0.05) is 12.8 Å². The van der Waals surface area contributed by atoms with Crippen molar-refractivity contribution in [2.45, 2.75) is 290 Å². The van der Waals surface area contributed by atoms with Crippen molar-refractivity contribution in [1.29, 1.82) is 0 Å². The molecule has 64 heavy (non-hydrogen) atoms. The maximum Gasteiger partial charge on any atom is 0.306 e. The molecule has 0 aromatic heterocycles. The van der Waals surface area contributed by atoms with Crippen molar-refractivity contribution in [3.8, 4) is 0 Å². The smallest absolute Gasteiger partial charge is 0.306 e. The fourth-order valence-electron chi connectivity index (χ4n) is 8.15. The second kappa shape index (κ2) is 54.9. The standard InChI is InChI=1S/C59H106O5/c1-3-5-7-9-11-13-15-17-18-19-20-21-22-23-24-25-26-27-28-29-30-31-32-33-34-35-36-37-38-39-40-42-43-45-47-49-51-53-58(61)63-56-57(55-60)64-59(62)54-52-50-48-46-44-41-16-14-12-10-8-6-4-2/h6,8,12,14,19-20,41,44,48,50,57,60H,3-5,7,9-11,13,15-18,21-40,42-43,45-47,49,51-56H2,1-2H3/b8-6-,14-12-,20-19-,44-41-,50-48-. The van der Waals surface area contributed by atoms with E-state index in [1.54, 1.807) is 0 Å². The Kier molecular flexibility index (Phi) is 52.9. The molecule has 1 atom stereocenters. The van der Waals surface area contributed by atoms with Gasteiger partial charge in [-0.2, -0.15) is 0 Å². The quantitative estimate of drug-likeness (QED) is 0.0374. The zero-order chi connectivity index (χ0) is 46.3. The molecule has 0 aliphatic rings. The van der Waals surface area contributed by atoms with Gasteiger partial charge in [0.1, 0.15) is 6.61 Å². The fourth-order valence-corrected chi connectivity index (χ4v) is 8.15. The lowest BCUT2D eigenvalue weighted by Crippen LogP contribution is -2.28. The topological polar surface area (TPSA) is 72.8 Å². The van der Waals surface area contributed by atoms with Crippen molar-refractivity contribution in [2.24, 2.45) is 0 Å². The van der Waals surface area contributed by atoms with Crippen molar-refractivity contribution >= 4 is 11.9 Å². The van der Waals surface area contributed by atoms with Crippen LogP contribution in [0.25, 0.3) is 0 Å². The summed E-state index contributed by atoms with van der Waals surface area (Å²) in [7, 11) is 0. The molecule has 0 aromatic rings. The van der Waals surface area contributed by atoms with Gasteiger partial charge < -0.3 is 14.6 Å². The Morgan fingerprint density at radius 1 is 0.375 bits per heavy atom. The van der Waals surface area contributed by atoms with E-state index in [4.69, 9.17) is 9.47 Å². The van der Waals surface area contributed by atoms with E-state index >= 15 is 0 Å². The van der Waals surface area contributed by atoms with Crippen LogP contribution >= 0.6 is 0 Å². The van der Waals surface area contributed by atoms with E-state index in [2.05, 4.69) is 62.5 Å². The molecule has 0 aliphatic heterocycles. The summed E-state index contributed by atoms with van der Waals surface area (Å²) in [5.41, 5.74) is 0. The fraction of sp³-hybridized carbons (Fsp3) is 0.797. The highest BCUT2D eigenvalue weighted by molar-refractivity contribution is 5.70. The molecule has 0 fully saturated rings. The monoisotopic (exact) mass is 895 g/mol. The van der Waals surface area contributed by atoms with Crippen LogP contribution in [0.2, 0.25) is 0 Å². The van der Waals surface area contributed by atoms with Gasteiger partial charge in [-0.15, -0.1) is 0 Å². The van der Waals surface area contributed by atoms with Crippen LogP contribution in [0, 0.1) is 0 Å². The normalized spacial score (nSPS) is 12.6. The van der Waals surface area contributed by atoms with Gasteiger partial charge in [0.2, 0.25) is 0 Å². The molecule has 0 heterocycles. The van der Waals surface area contributed by atoms with Gasteiger partial charge >= 0.3 is 11.9 Å². The number of hydrogen-bond donors (Lipinski definition) is 1. The SMILES string of the molecule is CC/C=C\C/C=C\C/C=C\C/C=C\CCC(=O)OC(CO)COC(=O)CCCCCCCCCCCCCCCCCCCCCCCCCCC/C=C\CCCCCCCCCC. The number of aliphatic hydroxyl groups is 1. The minimum absolute atomic E-state index is 0.0935. The number of carbonyl (C=O) groups excluding carboxylic acids is 2. The lowest BCUT2D eigenvalue weighted by atomic mass is 10.0. The molecule has 0 bridgehead atoms. The number of ether oxygens (including phenoxy) is 2. The number of carbonyl (C=O) groups is 2. The van der Waals surface area contributed by atoms with E-state index in [1.807, 2.05) is 12.2 Å².